The second-order valence-corrected chi connectivity index (χ2v) is 4.95. The van der Waals surface area contributed by atoms with E-state index in [-0.39, 0.29) is 12.0 Å². The second-order valence-electron chi connectivity index (χ2n) is 4.95. The Bertz CT molecular complexity index is 607. The highest BCUT2D eigenvalue weighted by molar-refractivity contribution is 5.96. The third kappa shape index (κ3) is 2.50. The van der Waals surface area contributed by atoms with Crippen molar-refractivity contribution in [2.24, 2.45) is 0 Å². The quantitative estimate of drug-likeness (QED) is 0.857. The van der Waals surface area contributed by atoms with Gasteiger partial charge in [0.15, 0.2) is 0 Å². The Kier molecular flexibility index (Phi) is 3.37. The zero-order valence-corrected chi connectivity index (χ0v) is 11.3. The van der Waals surface area contributed by atoms with E-state index < -0.39 is 0 Å². The molecular weight excluding hydrogens is 252 g/mol. The number of benzene rings is 1. The highest BCUT2D eigenvalue weighted by Crippen LogP contribution is 2.20. The fourth-order valence-electron chi connectivity index (χ4n) is 2.27. The lowest BCUT2D eigenvalue weighted by Crippen LogP contribution is -2.56. The molecule has 20 heavy (non-hydrogen) atoms. The number of carbonyl (C=O) groups excluding carboxylic acids is 1. The number of hydrogen-bond donors (Lipinski definition) is 0. The van der Waals surface area contributed by atoms with Crippen molar-refractivity contribution in [2.75, 3.05) is 13.1 Å². The van der Waals surface area contributed by atoms with Gasteiger partial charge in [-0.15, -0.1) is 0 Å². The van der Waals surface area contributed by atoms with Crippen LogP contribution in [0.3, 0.4) is 0 Å². The third-order valence-electron chi connectivity index (χ3n) is 3.45. The van der Waals surface area contributed by atoms with Crippen LogP contribution in [0.1, 0.15) is 15.9 Å². The molecule has 2 aromatic rings. The monoisotopic (exact) mass is 268 g/mol. The SMILES string of the molecule is Cc1ccccc1C(=O)N1CC(Oc2cccnc2)C1. The first-order valence-corrected chi connectivity index (χ1v) is 6.65. The molecule has 0 bridgehead atoms. The van der Waals surface area contributed by atoms with E-state index in [9.17, 15) is 4.79 Å². The van der Waals surface area contributed by atoms with Crippen LogP contribution in [0.25, 0.3) is 0 Å². The maximum Gasteiger partial charge on any atom is 0.254 e. The predicted octanol–water partition coefficient (Wildman–Crippen LogP) is 2.29. The van der Waals surface area contributed by atoms with Crippen LogP contribution in [0, 0.1) is 6.92 Å². The molecule has 2 heterocycles. The van der Waals surface area contributed by atoms with Crippen molar-refractivity contribution in [1.29, 1.82) is 0 Å². The molecule has 0 unspecified atom stereocenters. The molecule has 1 fully saturated rings. The summed E-state index contributed by atoms with van der Waals surface area (Å²) in [7, 11) is 0. The number of carbonyl (C=O) groups is 1. The van der Waals surface area contributed by atoms with Crippen molar-refractivity contribution in [3.8, 4) is 5.75 Å². The summed E-state index contributed by atoms with van der Waals surface area (Å²) in [4.78, 5) is 18.1. The first-order valence-electron chi connectivity index (χ1n) is 6.65. The molecule has 1 saturated heterocycles. The van der Waals surface area contributed by atoms with Crippen LogP contribution in [0.4, 0.5) is 0 Å². The smallest absolute Gasteiger partial charge is 0.254 e. The number of ether oxygens (including phenoxy) is 1. The summed E-state index contributed by atoms with van der Waals surface area (Å²) in [5.41, 5.74) is 1.78. The summed E-state index contributed by atoms with van der Waals surface area (Å²) in [5.74, 6) is 0.828. The molecule has 4 heteroatoms. The number of aryl methyl sites for hydroxylation is 1. The van der Waals surface area contributed by atoms with Gasteiger partial charge in [-0.2, -0.15) is 0 Å². The molecule has 4 nitrogen and oxygen atoms in total. The molecule has 0 spiro atoms. The molecule has 1 aromatic heterocycles. The highest BCUT2D eigenvalue weighted by atomic mass is 16.5. The van der Waals surface area contributed by atoms with Crippen molar-refractivity contribution in [3.05, 3.63) is 59.9 Å². The van der Waals surface area contributed by atoms with Gasteiger partial charge in [0, 0.05) is 11.8 Å². The van der Waals surface area contributed by atoms with Gasteiger partial charge in [-0.3, -0.25) is 9.78 Å². The Morgan fingerprint density at radius 1 is 1.25 bits per heavy atom. The fourth-order valence-corrected chi connectivity index (χ4v) is 2.27. The van der Waals surface area contributed by atoms with Crippen LogP contribution in [0.2, 0.25) is 0 Å². The minimum absolute atomic E-state index is 0.0622. The highest BCUT2D eigenvalue weighted by Gasteiger charge is 2.33. The Morgan fingerprint density at radius 3 is 2.75 bits per heavy atom. The topological polar surface area (TPSA) is 42.4 Å². The molecular formula is C16H16N2O2. The molecule has 102 valence electrons. The van der Waals surface area contributed by atoms with Crippen LogP contribution in [-0.2, 0) is 0 Å². The number of hydrogen-bond acceptors (Lipinski definition) is 3. The third-order valence-corrected chi connectivity index (χ3v) is 3.45. The van der Waals surface area contributed by atoms with Crippen molar-refractivity contribution in [3.63, 3.8) is 0 Å². The summed E-state index contributed by atoms with van der Waals surface area (Å²) in [6.45, 7) is 3.21. The molecule has 0 atom stereocenters. The van der Waals surface area contributed by atoms with E-state index in [0.29, 0.717) is 13.1 Å². The first-order chi connectivity index (χ1) is 9.74. The average Bonchev–Trinajstić information content (AvgIpc) is 2.43. The van der Waals surface area contributed by atoms with Gasteiger partial charge < -0.3 is 9.64 Å². The summed E-state index contributed by atoms with van der Waals surface area (Å²) < 4.78 is 5.74. The molecule has 0 radical (unpaired) electrons. The molecule has 3 rings (SSSR count). The lowest BCUT2D eigenvalue weighted by atomic mass is 10.0. The number of rotatable bonds is 3. The minimum atomic E-state index is 0.0622. The summed E-state index contributed by atoms with van der Waals surface area (Å²) in [6, 6.07) is 11.4. The largest absolute Gasteiger partial charge is 0.485 e. The number of likely N-dealkylation sites (tertiary alicyclic amines) is 1. The number of nitrogens with zero attached hydrogens (tertiary/aromatic N) is 2. The van der Waals surface area contributed by atoms with E-state index in [1.54, 1.807) is 12.4 Å². The lowest BCUT2D eigenvalue weighted by Gasteiger charge is -2.39. The van der Waals surface area contributed by atoms with E-state index in [0.717, 1.165) is 16.9 Å². The number of aromatic nitrogens is 1. The molecule has 1 amide bonds. The van der Waals surface area contributed by atoms with E-state index in [1.807, 2.05) is 48.2 Å². The number of amides is 1. The zero-order chi connectivity index (χ0) is 13.9. The van der Waals surface area contributed by atoms with Crippen LogP contribution in [-0.4, -0.2) is 35.0 Å². The summed E-state index contributed by atoms with van der Waals surface area (Å²) in [6.07, 6.45) is 3.46. The van der Waals surface area contributed by atoms with Crippen molar-refractivity contribution >= 4 is 5.91 Å². The lowest BCUT2D eigenvalue weighted by molar-refractivity contribution is 0.0176. The van der Waals surface area contributed by atoms with E-state index in [4.69, 9.17) is 4.74 Å². The Balaban J connectivity index is 1.58. The van der Waals surface area contributed by atoms with Crippen LogP contribution >= 0.6 is 0 Å². The Labute approximate surface area is 118 Å². The van der Waals surface area contributed by atoms with Crippen LogP contribution in [0.5, 0.6) is 5.75 Å². The van der Waals surface area contributed by atoms with Crippen molar-refractivity contribution in [2.45, 2.75) is 13.0 Å². The average molecular weight is 268 g/mol. The van der Waals surface area contributed by atoms with E-state index in [2.05, 4.69) is 4.98 Å². The maximum atomic E-state index is 12.3. The van der Waals surface area contributed by atoms with Crippen LogP contribution < -0.4 is 4.74 Å². The molecule has 1 aromatic carbocycles. The van der Waals surface area contributed by atoms with E-state index in [1.165, 1.54) is 0 Å². The molecule has 0 saturated carbocycles. The van der Waals surface area contributed by atoms with Gasteiger partial charge in [0.05, 0.1) is 19.3 Å². The predicted molar refractivity (Wildman–Crippen MR) is 75.7 cm³/mol. The van der Waals surface area contributed by atoms with Gasteiger partial charge in [-0.25, -0.2) is 0 Å². The van der Waals surface area contributed by atoms with Gasteiger partial charge in [0.25, 0.3) is 5.91 Å². The van der Waals surface area contributed by atoms with E-state index >= 15 is 0 Å². The van der Waals surface area contributed by atoms with Gasteiger partial charge in [-0.05, 0) is 30.7 Å². The summed E-state index contributed by atoms with van der Waals surface area (Å²) in [5, 5.41) is 0. The second kappa shape index (κ2) is 5.33. The summed E-state index contributed by atoms with van der Waals surface area (Å²) >= 11 is 0. The zero-order valence-electron chi connectivity index (χ0n) is 11.3. The first kappa shape index (κ1) is 12.7. The van der Waals surface area contributed by atoms with Crippen molar-refractivity contribution < 1.29 is 9.53 Å². The van der Waals surface area contributed by atoms with Gasteiger partial charge in [0.1, 0.15) is 11.9 Å². The number of pyridine rings is 1. The van der Waals surface area contributed by atoms with Gasteiger partial charge >= 0.3 is 0 Å². The molecule has 1 aliphatic rings. The molecule has 1 aliphatic heterocycles. The molecule has 0 N–H and O–H groups in total. The molecule has 0 aliphatic carbocycles. The van der Waals surface area contributed by atoms with Crippen molar-refractivity contribution in [1.82, 2.24) is 9.88 Å². The van der Waals surface area contributed by atoms with Crippen LogP contribution in [0.15, 0.2) is 48.8 Å². The Morgan fingerprint density at radius 2 is 2.05 bits per heavy atom. The standard InChI is InChI=1S/C16H16N2O2/c1-12-5-2-3-7-15(12)16(19)18-10-14(11-18)20-13-6-4-8-17-9-13/h2-9,14H,10-11H2,1H3. The normalized spacial score (nSPS) is 14.8. The van der Waals surface area contributed by atoms with Gasteiger partial charge in [-0.1, -0.05) is 18.2 Å². The fraction of sp³-hybridized carbons (Fsp3) is 0.250. The van der Waals surface area contributed by atoms with Gasteiger partial charge in [0.2, 0.25) is 0 Å². The minimum Gasteiger partial charge on any atom is -0.485 e. The maximum absolute atomic E-state index is 12.3. The Hall–Kier alpha value is -2.36.